The van der Waals surface area contributed by atoms with E-state index in [1.165, 1.54) is 30.3 Å². The number of Topliss-reactive ketones (excluding diaryl/α,β-unsaturated/α-hetero) is 1. The Labute approximate surface area is 193 Å². The molecule has 3 aromatic rings. The second kappa shape index (κ2) is 9.02. The Kier molecular flexibility index (Phi) is 6.27. The van der Waals surface area contributed by atoms with Crippen LogP contribution < -0.4 is 5.32 Å². The number of nitrogens with one attached hydrogen (secondary N) is 1. The molecule has 1 N–H and O–H groups in total. The molecule has 0 spiro atoms. The molecule has 176 valence electrons. The minimum absolute atomic E-state index is 0.000758. The summed E-state index contributed by atoms with van der Waals surface area (Å²) in [7, 11) is 0. The van der Waals surface area contributed by atoms with E-state index in [2.05, 4.69) is 5.32 Å². The van der Waals surface area contributed by atoms with Crippen molar-refractivity contribution in [3.05, 3.63) is 89.2 Å². The Morgan fingerprint density at radius 2 is 1.62 bits per heavy atom. The number of hydrogen-bond acceptors (Lipinski definition) is 3. The van der Waals surface area contributed by atoms with Crippen LogP contribution in [0, 0.1) is 5.82 Å². The number of carbonyl (C=O) groups is 2. The Morgan fingerprint density at radius 3 is 2.15 bits per heavy atom. The smallest absolute Gasteiger partial charge is 0.378 e. The molecule has 1 aliphatic heterocycles. The first-order valence-electron chi connectivity index (χ1n) is 10.6. The highest BCUT2D eigenvalue weighted by Crippen LogP contribution is 2.37. The molecule has 0 aromatic heterocycles. The van der Waals surface area contributed by atoms with Crippen molar-refractivity contribution in [3.63, 3.8) is 0 Å². The Balaban J connectivity index is 1.64. The fraction of sp³-hybridized carbons (Fsp3) is 0.231. The van der Waals surface area contributed by atoms with Crippen molar-refractivity contribution in [2.75, 3.05) is 18.5 Å². The van der Waals surface area contributed by atoms with Crippen LogP contribution in [0.5, 0.6) is 0 Å². The SMILES string of the molecule is CCC(=O)c1cc(C(F)(F)F)ccc1-c1ccc(C2(C(=O)Nc3ccc(F)cc3)COC2)cc1. The van der Waals surface area contributed by atoms with Gasteiger partial charge in [0.1, 0.15) is 11.2 Å². The summed E-state index contributed by atoms with van der Waals surface area (Å²) in [5.74, 6) is -1.12. The molecule has 0 unspecified atom stereocenters. The first-order chi connectivity index (χ1) is 16.1. The van der Waals surface area contributed by atoms with E-state index in [0.29, 0.717) is 22.4 Å². The van der Waals surface area contributed by atoms with E-state index in [-0.39, 0.29) is 31.1 Å². The number of ether oxygens (including phenoxy) is 1. The predicted octanol–water partition coefficient (Wildman–Crippen LogP) is 6.01. The van der Waals surface area contributed by atoms with E-state index < -0.39 is 28.8 Å². The molecule has 1 amide bonds. The summed E-state index contributed by atoms with van der Waals surface area (Å²) in [5.41, 5.74) is 0.229. The maximum Gasteiger partial charge on any atom is 0.416 e. The van der Waals surface area contributed by atoms with Crippen molar-refractivity contribution in [3.8, 4) is 11.1 Å². The molecule has 0 radical (unpaired) electrons. The number of amides is 1. The minimum atomic E-state index is -4.56. The lowest BCUT2D eigenvalue weighted by atomic mass is 9.77. The van der Waals surface area contributed by atoms with Crippen molar-refractivity contribution < 1.29 is 31.9 Å². The number of anilines is 1. The zero-order chi connectivity index (χ0) is 24.5. The Hall–Kier alpha value is -3.52. The van der Waals surface area contributed by atoms with E-state index in [1.807, 2.05) is 0 Å². The number of rotatable bonds is 6. The molecular weight excluding hydrogens is 450 g/mol. The molecule has 1 aliphatic rings. The summed E-state index contributed by atoms with van der Waals surface area (Å²) in [6.07, 6.45) is -4.49. The van der Waals surface area contributed by atoms with Crippen LogP contribution >= 0.6 is 0 Å². The van der Waals surface area contributed by atoms with Gasteiger partial charge in [-0.1, -0.05) is 37.3 Å². The molecule has 3 aromatic carbocycles. The van der Waals surface area contributed by atoms with Crippen LogP contribution in [0.2, 0.25) is 0 Å². The average molecular weight is 471 g/mol. The molecule has 8 heteroatoms. The fourth-order valence-electron chi connectivity index (χ4n) is 3.88. The van der Waals surface area contributed by atoms with Crippen molar-refractivity contribution in [1.29, 1.82) is 0 Å². The fourth-order valence-corrected chi connectivity index (χ4v) is 3.88. The van der Waals surface area contributed by atoms with Crippen molar-refractivity contribution >= 4 is 17.4 Å². The molecule has 1 saturated heterocycles. The predicted molar refractivity (Wildman–Crippen MR) is 119 cm³/mol. The molecule has 4 nitrogen and oxygen atoms in total. The van der Waals surface area contributed by atoms with Crippen LogP contribution in [0.3, 0.4) is 0 Å². The molecule has 4 rings (SSSR count). The van der Waals surface area contributed by atoms with Gasteiger partial charge in [0.05, 0.1) is 18.8 Å². The molecule has 0 bridgehead atoms. The number of carbonyl (C=O) groups excluding carboxylic acids is 2. The van der Waals surface area contributed by atoms with E-state index in [4.69, 9.17) is 4.74 Å². The van der Waals surface area contributed by atoms with Crippen LogP contribution in [0.1, 0.15) is 34.8 Å². The molecule has 0 aliphatic carbocycles. The number of hydrogen-bond donors (Lipinski definition) is 1. The van der Waals surface area contributed by atoms with Gasteiger partial charge in [0.2, 0.25) is 5.91 Å². The molecular formula is C26H21F4NO3. The maximum absolute atomic E-state index is 13.2. The standard InChI is InChI=1S/C26H21F4NO3/c1-2-23(32)22-13-18(26(28,29)30)7-12-21(22)16-3-5-17(6-4-16)25(14-34-15-25)24(33)31-20-10-8-19(27)9-11-20/h3-13H,2,14-15H2,1H3,(H,31,33). The van der Waals surface area contributed by atoms with Crippen LogP contribution in [0.25, 0.3) is 11.1 Å². The Morgan fingerprint density at radius 1 is 0.971 bits per heavy atom. The second-order valence-corrected chi connectivity index (χ2v) is 8.15. The topological polar surface area (TPSA) is 55.4 Å². The van der Waals surface area contributed by atoms with Gasteiger partial charge in [0, 0.05) is 17.7 Å². The monoisotopic (exact) mass is 471 g/mol. The van der Waals surface area contributed by atoms with Gasteiger partial charge in [-0.3, -0.25) is 9.59 Å². The molecule has 1 fully saturated rings. The molecule has 1 heterocycles. The zero-order valence-corrected chi connectivity index (χ0v) is 18.2. The summed E-state index contributed by atoms with van der Waals surface area (Å²) >= 11 is 0. The second-order valence-electron chi connectivity index (χ2n) is 8.15. The third-order valence-corrected chi connectivity index (χ3v) is 5.95. The summed E-state index contributed by atoms with van der Waals surface area (Å²) in [6.45, 7) is 1.90. The largest absolute Gasteiger partial charge is 0.416 e. The van der Waals surface area contributed by atoms with Gasteiger partial charge in [0.25, 0.3) is 0 Å². The summed E-state index contributed by atoms with van der Waals surface area (Å²) in [4.78, 5) is 25.4. The summed E-state index contributed by atoms with van der Waals surface area (Å²) < 4.78 is 58.0. The molecule has 34 heavy (non-hydrogen) atoms. The molecule has 0 saturated carbocycles. The van der Waals surface area contributed by atoms with Crippen LogP contribution in [0.4, 0.5) is 23.2 Å². The highest BCUT2D eigenvalue weighted by Gasteiger charge is 2.47. The highest BCUT2D eigenvalue weighted by molar-refractivity contribution is 6.03. The summed E-state index contributed by atoms with van der Waals surface area (Å²) in [5, 5.41) is 2.77. The van der Waals surface area contributed by atoms with Crippen LogP contribution in [-0.4, -0.2) is 24.9 Å². The molecule has 0 atom stereocenters. The van der Waals surface area contributed by atoms with Crippen molar-refractivity contribution in [2.45, 2.75) is 24.9 Å². The lowest BCUT2D eigenvalue weighted by Crippen LogP contribution is -2.55. The number of benzene rings is 3. The normalized spacial score (nSPS) is 14.9. The lowest BCUT2D eigenvalue weighted by Gasteiger charge is -2.40. The number of ketones is 1. The average Bonchev–Trinajstić information content (AvgIpc) is 2.79. The van der Waals surface area contributed by atoms with E-state index >= 15 is 0 Å². The lowest BCUT2D eigenvalue weighted by molar-refractivity contribution is -0.139. The quantitative estimate of drug-likeness (QED) is 0.354. The van der Waals surface area contributed by atoms with Gasteiger partial charge in [-0.2, -0.15) is 13.2 Å². The highest BCUT2D eigenvalue weighted by atomic mass is 19.4. The van der Waals surface area contributed by atoms with Crippen molar-refractivity contribution in [2.24, 2.45) is 0 Å². The van der Waals surface area contributed by atoms with Crippen LogP contribution in [0.15, 0.2) is 66.7 Å². The number of alkyl halides is 3. The van der Waals surface area contributed by atoms with Crippen molar-refractivity contribution in [1.82, 2.24) is 0 Å². The van der Waals surface area contributed by atoms with Gasteiger partial charge in [0.15, 0.2) is 5.78 Å². The van der Waals surface area contributed by atoms with E-state index in [0.717, 1.165) is 12.1 Å². The first kappa shape index (κ1) is 23.6. The number of halogens is 4. The maximum atomic E-state index is 13.2. The Bertz CT molecular complexity index is 1210. The third kappa shape index (κ3) is 4.46. The van der Waals surface area contributed by atoms with Gasteiger partial charge >= 0.3 is 6.18 Å². The third-order valence-electron chi connectivity index (χ3n) is 5.95. The van der Waals surface area contributed by atoms with Gasteiger partial charge < -0.3 is 10.1 Å². The minimum Gasteiger partial charge on any atom is -0.378 e. The summed E-state index contributed by atoms with van der Waals surface area (Å²) in [6, 6.07) is 15.3. The van der Waals surface area contributed by atoms with Gasteiger partial charge in [-0.25, -0.2) is 4.39 Å². The van der Waals surface area contributed by atoms with E-state index in [9.17, 15) is 27.2 Å². The van der Waals surface area contributed by atoms with Gasteiger partial charge in [-0.05, 0) is 53.1 Å². The van der Waals surface area contributed by atoms with E-state index in [1.54, 1.807) is 31.2 Å². The van der Waals surface area contributed by atoms with Crippen LogP contribution in [-0.2, 0) is 21.1 Å². The zero-order valence-electron chi connectivity index (χ0n) is 18.2. The first-order valence-corrected chi connectivity index (χ1v) is 10.6. The van der Waals surface area contributed by atoms with Gasteiger partial charge in [-0.15, -0.1) is 0 Å².